The van der Waals surface area contributed by atoms with Gasteiger partial charge in [0.25, 0.3) is 0 Å². The van der Waals surface area contributed by atoms with Gasteiger partial charge in [-0.2, -0.15) is 0 Å². The lowest BCUT2D eigenvalue weighted by molar-refractivity contribution is 0.0180. The molecule has 8 heteroatoms. The molecule has 8 nitrogen and oxygen atoms in total. The molecule has 7 aromatic rings. The van der Waals surface area contributed by atoms with Crippen molar-refractivity contribution in [1.29, 1.82) is 0 Å². The zero-order valence-electron chi connectivity index (χ0n) is 36.3. The first-order chi connectivity index (χ1) is 32.2. The van der Waals surface area contributed by atoms with Crippen LogP contribution in [-0.4, -0.2) is 74.2 Å². The summed E-state index contributed by atoms with van der Waals surface area (Å²) >= 11 is 0. The molecule has 2 N–H and O–H groups in total. The number of hydrogen-bond acceptors (Lipinski definition) is 6. The smallest absolute Gasteiger partial charge is 0.120 e. The minimum atomic E-state index is -0.718. The molecule has 0 fully saturated rings. The van der Waals surface area contributed by atoms with Crippen LogP contribution in [0.2, 0.25) is 0 Å². The number of aromatic nitrogens is 2. The third kappa shape index (κ3) is 8.43. The Morgan fingerprint density at radius 3 is 1.75 bits per heavy atom. The minimum Gasteiger partial charge on any atom is -0.491 e. The van der Waals surface area contributed by atoms with E-state index >= 15 is 0 Å². The molecule has 0 aliphatic carbocycles. The standard InChI is InChI=1S/C57H50N4O4/c1-62-33-34-63-35-36-64-37-38-65-45-24-14-19-42(39-45)56-48-27-25-46(58-48)54(40-15-6-2-7-16-40)50-29-31-52(60-50)57(43-20-10-4-11-21-43,44-22-12-5-13-23-44)53-32-30-51(61-53)55(41-17-8-3-9-18-41)47-26-28-49(56)59-47/h2-32,39,52,58,61H,33-38H2,1H3/b54-46-,55-47-,56-48-. The summed E-state index contributed by atoms with van der Waals surface area (Å²) in [6.45, 7) is 2.95. The quantitative estimate of drug-likeness (QED) is 0.101. The number of fused-ring (bicyclic) bond motifs is 6. The van der Waals surface area contributed by atoms with Crippen molar-refractivity contribution in [2.24, 2.45) is 9.98 Å². The highest BCUT2D eigenvalue weighted by Crippen LogP contribution is 2.46. The Morgan fingerprint density at radius 2 is 1.09 bits per heavy atom. The Morgan fingerprint density at radius 1 is 0.508 bits per heavy atom. The summed E-state index contributed by atoms with van der Waals surface area (Å²) in [5.74, 6) is 0.740. The van der Waals surface area contributed by atoms with E-state index in [9.17, 15) is 0 Å². The van der Waals surface area contributed by atoms with Gasteiger partial charge in [0.2, 0.25) is 0 Å². The molecule has 65 heavy (non-hydrogen) atoms. The van der Waals surface area contributed by atoms with Gasteiger partial charge in [-0.25, -0.2) is 4.99 Å². The highest BCUT2D eigenvalue weighted by molar-refractivity contribution is 6.31. The molecule has 5 aromatic carbocycles. The van der Waals surface area contributed by atoms with Crippen LogP contribution in [0.15, 0.2) is 210 Å². The Labute approximate surface area is 379 Å². The van der Waals surface area contributed by atoms with E-state index in [1.165, 1.54) is 0 Å². The molecule has 2 aromatic heterocycles. The Hall–Kier alpha value is -7.36. The molecule has 8 bridgehead atoms. The van der Waals surface area contributed by atoms with Crippen LogP contribution in [0.25, 0.3) is 16.7 Å². The van der Waals surface area contributed by atoms with Crippen molar-refractivity contribution in [2.75, 3.05) is 46.8 Å². The van der Waals surface area contributed by atoms with Crippen LogP contribution >= 0.6 is 0 Å². The Bertz CT molecular complexity index is 3010. The lowest BCUT2D eigenvalue weighted by Crippen LogP contribution is -2.40. The predicted molar refractivity (Wildman–Crippen MR) is 260 cm³/mol. The SMILES string of the molecule is COCCOCCOCCOc1cccc(/C2=c3\cc/c([nH]3)=C(\c3ccccc3)C3=NC(C=C3)C(c3ccccc3)(c3ccccc3)c3ccc([nH]3)/C(c3ccccc3)=C3/C=CC2=N3)c1. The molecule has 0 radical (unpaired) electrons. The van der Waals surface area contributed by atoms with Crippen LogP contribution in [0.1, 0.15) is 39.2 Å². The first kappa shape index (κ1) is 41.6. The largest absolute Gasteiger partial charge is 0.491 e. The van der Waals surface area contributed by atoms with E-state index in [1.807, 2.05) is 12.1 Å². The molecule has 1 atom stereocenters. The summed E-state index contributed by atoms with van der Waals surface area (Å²) in [5.41, 5.74) is 12.2. The van der Waals surface area contributed by atoms with Crippen molar-refractivity contribution >= 4 is 28.1 Å². The van der Waals surface area contributed by atoms with Gasteiger partial charge in [0.1, 0.15) is 12.4 Å². The molecule has 1 unspecified atom stereocenters. The van der Waals surface area contributed by atoms with Crippen molar-refractivity contribution in [2.45, 2.75) is 11.5 Å². The number of ether oxygens (including phenoxy) is 4. The molecule has 322 valence electrons. The zero-order valence-corrected chi connectivity index (χ0v) is 36.3. The maximum atomic E-state index is 6.26. The summed E-state index contributed by atoms with van der Waals surface area (Å²) in [5, 5.41) is 1.87. The van der Waals surface area contributed by atoms with Crippen LogP contribution in [0, 0.1) is 0 Å². The lowest BCUT2D eigenvalue weighted by Gasteiger charge is -2.38. The van der Waals surface area contributed by atoms with Gasteiger partial charge in [-0.05, 0) is 82.4 Å². The Kier molecular flexibility index (Phi) is 12.3. The number of aliphatic imine (C=N–C) groups is 2. The summed E-state index contributed by atoms with van der Waals surface area (Å²) in [6, 6.07) is 59.3. The number of benzene rings is 5. The van der Waals surface area contributed by atoms with Crippen LogP contribution in [0.5, 0.6) is 5.75 Å². The third-order valence-electron chi connectivity index (χ3n) is 12.2. The highest BCUT2D eigenvalue weighted by Gasteiger charge is 2.46. The van der Waals surface area contributed by atoms with E-state index in [0.29, 0.717) is 39.6 Å². The van der Waals surface area contributed by atoms with Gasteiger partial charge < -0.3 is 28.9 Å². The second-order valence-corrected chi connectivity index (χ2v) is 16.1. The van der Waals surface area contributed by atoms with E-state index in [0.717, 1.165) is 89.5 Å². The minimum absolute atomic E-state index is 0.303. The maximum Gasteiger partial charge on any atom is 0.120 e. The van der Waals surface area contributed by atoms with Crippen molar-refractivity contribution in [3.05, 3.63) is 250 Å². The average molecular weight is 855 g/mol. The van der Waals surface area contributed by atoms with Gasteiger partial charge in [-0.1, -0.05) is 140 Å². The van der Waals surface area contributed by atoms with E-state index in [-0.39, 0.29) is 6.04 Å². The molecule has 10 rings (SSSR count). The fraction of sp³-hybridized carbons (Fsp3) is 0.158. The fourth-order valence-electron chi connectivity index (χ4n) is 9.24. The molecular weight excluding hydrogens is 805 g/mol. The molecular formula is C57H50N4O4. The van der Waals surface area contributed by atoms with E-state index in [1.54, 1.807) is 7.11 Å². The van der Waals surface area contributed by atoms with Crippen LogP contribution in [0.3, 0.4) is 0 Å². The summed E-state index contributed by atoms with van der Waals surface area (Å²) in [4.78, 5) is 19.2. The van der Waals surface area contributed by atoms with E-state index in [4.69, 9.17) is 28.9 Å². The molecule has 5 heterocycles. The topological polar surface area (TPSA) is 93.2 Å². The highest BCUT2D eigenvalue weighted by atomic mass is 16.6. The van der Waals surface area contributed by atoms with Crippen LogP contribution in [-0.2, 0) is 19.6 Å². The first-order valence-corrected chi connectivity index (χ1v) is 22.2. The van der Waals surface area contributed by atoms with E-state index in [2.05, 4.69) is 192 Å². The van der Waals surface area contributed by atoms with Gasteiger partial charge in [0, 0.05) is 45.9 Å². The average Bonchev–Trinajstić information content (AvgIpc) is 4.22. The Balaban J connectivity index is 1.18. The lowest BCUT2D eigenvalue weighted by atomic mass is 9.67. The number of H-pyrrole nitrogens is 2. The summed E-state index contributed by atoms with van der Waals surface area (Å²) in [6.07, 6.45) is 8.74. The number of allylic oxidation sites excluding steroid dienone is 3. The number of nitrogens with zero attached hydrogens (tertiary/aromatic N) is 2. The molecule has 3 aliphatic heterocycles. The fourth-order valence-corrected chi connectivity index (χ4v) is 9.24. The molecule has 0 spiro atoms. The molecule has 0 saturated carbocycles. The molecule has 0 saturated heterocycles. The van der Waals surface area contributed by atoms with Gasteiger partial charge in [0.15, 0.2) is 0 Å². The van der Waals surface area contributed by atoms with Gasteiger partial charge in [-0.3, -0.25) is 4.99 Å². The second-order valence-electron chi connectivity index (χ2n) is 16.1. The molecule has 0 amide bonds. The first-order valence-electron chi connectivity index (χ1n) is 22.2. The van der Waals surface area contributed by atoms with Crippen molar-refractivity contribution < 1.29 is 18.9 Å². The van der Waals surface area contributed by atoms with Gasteiger partial charge >= 0.3 is 0 Å². The number of methoxy groups -OCH3 is 1. The summed E-state index contributed by atoms with van der Waals surface area (Å²) in [7, 11) is 1.66. The predicted octanol–water partition coefficient (Wildman–Crippen LogP) is 9.00. The van der Waals surface area contributed by atoms with E-state index < -0.39 is 5.41 Å². The number of aromatic amines is 2. The third-order valence-corrected chi connectivity index (χ3v) is 12.2. The number of rotatable bonds is 15. The van der Waals surface area contributed by atoms with Crippen molar-refractivity contribution in [3.8, 4) is 5.75 Å². The second kappa shape index (κ2) is 19.2. The van der Waals surface area contributed by atoms with Crippen LogP contribution < -0.4 is 15.4 Å². The summed E-state index contributed by atoms with van der Waals surface area (Å²) < 4.78 is 22.6. The monoisotopic (exact) mass is 854 g/mol. The van der Waals surface area contributed by atoms with Crippen molar-refractivity contribution in [1.82, 2.24) is 9.97 Å². The van der Waals surface area contributed by atoms with Crippen LogP contribution in [0.4, 0.5) is 0 Å². The number of hydrogen-bond donors (Lipinski definition) is 2. The number of nitrogens with one attached hydrogen (secondary N) is 2. The maximum absolute atomic E-state index is 6.26. The normalized spacial score (nSPS) is 19.0. The zero-order chi connectivity index (χ0) is 43.8. The van der Waals surface area contributed by atoms with Crippen molar-refractivity contribution in [3.63, 3.8) is 0 Å². The van der Waals surface area contributed by atoms with Gasteiger partial charge in [-0.15, -0.1) is 0 Å². The molecule has 3 aliphatic rings. The van der Waals surface area contributed by atoms with Gasteiger partial charge in [0.05, 0.1) is 61.6 Å².